The molecule has 0 unspecified atom stereocenters. The molecule has 1 aromatic carbocycles. The first-order valence-electron chi connectivity index (χ1n) is 13.7. The minimum absolute atomic E-state index is 0.0257. The Bertz CT molecular complexity index is 1550. The Morgan fingerprint density at radius 1 is 0.925 bits per heavy atom. The van der Waals surface area contributed by atoms with Crippen LogP contribution in [0.1, 0.15) is 45.1 Å². The Morgan fingerprint density at radius 3 is 2.55 bits per heavy atom. The van der Waals surface area contributed by atoms with Gasteiger partial charge in [0.05, 0.1) is 5.69 Å². The molecule has 7 nitrogen and oxygen atoms in total. The number of aliphatic hydroxyl groups is 1. The molecule has 0 spiro atoms. The number of rotatable bonds is 4. The van der Waals surface area contributed by atoms with Crippen LogP contribution in [0.4, 0.5) is 11.6 Å². The van der Waals surface area contributed by atoms with E-state index in [9.17, 15) is 13.5 Å². The Balaban J connectivity index is 1.59. The number of benzene rings is 1. The lowest BCUT2D eigenvalue weighted by Gasteiger charge is -2.32. The van der Waals surface area contributed by atoms with E-state index in [4.69, 9.17) is 4.98 Å². The van der Waals surface area contributed by atoms with Gasteiger partial charge in [0.1, 0.15) is 11.6 Å². The Labute approximate surface area is 241 Å². The molecule has 0 atom stereocenters. The first-order valence-corrected chi connectivity index (χ1v) is 16.1. The van der Waals surface area contributed by atoms with Crippen molar-refractivity contribution >= 4 is 33.0 Å². The molecule has 1 aliphatic heterocycles. The van der Waals surface area contributed by atoms with Crippen molar-refractivity contribution in [2.75, 3.05) is 29.3 Å². The summed E-state index contributed by atoms with van der Waals surface area (Å²) in [5.74, 6) is 0.836. The highest BCUT2D eigenvalue weighted by Crippen LogP contribution is 2.37. The highest BCUT2D eigenvalue weighted by atomic mass is 32.2. The standard InChI is InChI=1S/C31H36N4O3S2/c1-31(2,22-36)21-35-19-8-4-3-5-11-23-12-6-7-13-24(23)30-25(26-14-10-20-39-26)17-18-27(32-30)34-40(37,38)29-16-9-15-28(35)33-29/h6-7,9-10,12-18,20,36H,3-5,8,11,19,21-22H2,1-2H3,(H,32,34). The first-order chi connectivity index (χ1) is 19.3. The van der Waals surface area contributed by atoms with E-state index in [2.05, 4.69) is 38.9 Å². The lowest BCUT2D eigenvalue weighted by atomic mass is 9.94. The van der Waals surface area contributed by atoms with Gasteiger partial charge in [0.15, 0.2) is 5.03 Å². The SMILES string of the molecule is CC(C)(CO)CN1CCCCCCc2ccccc2-c2nc(ccc2-c2cccs2)NS(=O)(=O)c2cccc1n2. The summed E-state index contributed by atoms with van der Waals surface area (Å²) in [4.78, 5) is 12.6. The average Bonchev–Trinajstić information content (AvgIpc) is 3.49. The first kappa shape index (κ1) is 28.3. The van der Waals surface area contributed by atoms with Crippen LogP contribution in [0.2, 0.25) is 0 Å². The van der Waals surface area contributed by atoms with Gasteiger partial charge < -0.3 is 10.0 Å². The number of aryl methyl sites for hydroxylation is 1. The second-order valence-electron chi connectivity index (χ2n) is 11.1. The molecule has 2 N–H and O–H groups in total. The summed E-state index contributed by atoms with van der Waals surface area (Å²) in [5, 5.41) is 11.9. The van der Waals surface area contributed by atoms with E-state index in [1.807, 2.05) is 43.5 Å². The molecule has 5 rings (SSSR count). The summed E-state index contributed by atoms with van der Waals surface area (Å²) in [6.07, 6.45) is 5.05. The van der Waals surface area contributed by atoms with Crippen LogP contribution in [-0.2, 0) is 16.4 Å². The number of hydrogen-bond donors (Lipinski definition) is 2. The Kier molecular flexibility index (Phi) is 8.54. The second-order valence-corrected chi connectivity index (χ2v) is 13.7. The van der Waals surface area contributed by atoms with Crippen molar-refractivity contribution < 1.29 is 13.5 Å². The van der Waals surface area contributed by atoms with E-state index in [0.29, 0.717) is 12.4 Å². The molecule has 4 bridgehead atoms. The van der Waals surface area contributed by atoms with Gasteiger partial charge in [-0.2, -0.15) is 8.42 Å². The van der Waals surface area contributed by atoms with Gasteiger partial charge in [-0.1, -0.05) is 63.1 Å². The number of nitrogens with one attached hydrogen (secondary N) is 1. The fourth-order valence-electron chi connectivity index (χ4n) is 5.05. The molecule has 0 aliphatic carbocycles. The van der Waals surface area contributed by atoms with Gasteiger partial charge in [-0.15, -0.1) is 11.3 Å². The van der Waals surface area contributed by atoms with E-state index < -0.39 is 10.0 Å². The minimum atomic E-state index is -4.01. The van der Waals surface area contributed by atoms with Crippen LogP contribution in [0.5, 0.6) is 0 Å². The summed E-state index contributed by atoms with van der Waals surface area (Å²) >= 11 is 1.64. The van der Waals surface area contributed by atoms with Crippen molar-refractivity contribution in [1.82, 2.24) is 9.97 Å². The molecule has 0 amide bonds. The third kappa shape index (κ3) is 6.54. The van der Waals surface area contributed by atoms with Gasteiger partial charge in [-0.05, 0) is 60.5 Å². The number of nitrogens with zero attached hydrogens (tertiary/aromatic N) is 3. The van der Waals surface area contributed by atoms with Crippen molar-refractivity contribution in [3.63, 3.8) is 0 Å². The molecule has 9 heteroatoms. The highest BCUT2D eigenvalue weighted by Gasteiger charge is 2.25. The minimum Gasteiger partial charge on any atom is -0.396 e. The number of sulfonamides is 1. The van der Waals surface area contributed by atoms with E-state index in [0.717, 1.165) is 60.3 Å². The number of hydrogen-bond acceptors (Lipinski definition) is 7. The molecular formula is C31H36N4O3S2. The van der Waals surface area contributed by atoms with Crippen LogP contribution in [0.25, 0.3) is 21.7 Å². The van der Waals surface area contributed by atoms with E-state index in [-0.39, 0.29) is 22.9 Å². The fourth-order valence-corrected chi connectivity index (χ4v) is 6.77. The Morgan fingerprint density at radius 2 is 1.75 bits per heavy atom. The molecule has 0 radical (unpaired) electrons. The van der Waals surface area contributed by atoms with Crippen LogP contribution < -0.4 is 9.62 Å². The van der Waals surface area contributed by atoms with Gasteiger partial charge in [0.25, 0.3) is 10.0 Å². The van der Waals surface area contributed by atoms with E-state index in [1.54, 1.807) is 23.5 Å². The molecular weight excluding hydrogens is 541 g/mol. The number of pyridine rings is 2. The van der Waals surface area contributed by atoms with E-state index >= 15 is 0 Å². The summed E-state index contributed by atoms with van der Waals surface area (Å²) in [6, 6.07) is 21.1. The number of aromatic nitrogens is 2. The molecule has 40 heavy (non-hydrogen) atoms. The maximum Gasteiger partial charge on any atom is 0.280 e. The van der Waals surface area contributed by atoms with Crippen LogP contribution in [0.15, 0.2) is 77.1 Å². The quantitative estimate of drug-likeness (QED) is 0.284. The fraction of sp³-hybridized carbons (Fsp3) is 0.355. The number of aliphatic hydroxyl groups excluding tert-OH is 1. The lowest BCUT2D eigenvalue weighted by molar-refractivity contribution is 0.163. The maximum absolute atomic E-state index is 13.6. The van der Waals surface area contributed by atoms with Crippen molar-refractivity contribution in [3.05, 3.63) is 77.7 Å². The molecule has 4 heterocycles. The normalized spacial score (nSPS) is 16.0. The predicted molar refractivity (Wildman–Crippen MR) is 163 cm³/mol. The number of fused-ring (bicyclic) bond motifs is 6. The predicted octanol–water partition coefficient (Wildman–Crippen LogP) is 6.61. The molecule has 4 aromatic rings. The molecule has 3 aromatic heterocycles. The highest BCUT2D eigenvalue weighted by molar-refractivity contribution is 7.92. The zero-order chi connectivity index (χ0) is 28.2. The molecule has 210 valence electrons. The average molecular weight is 577 g/mol. The smallest absolute Gasteiger partial charge is 0.280 e. The Hall–Kier alpha value is -3.27. The summed E-state index contributed by atoms with van der Waals surface area (Å²) in [5.41, 5.74) is 3.61. The van der Waals surface area contributed by atoms with E-state index in [1.165, 1.54) is 11.6 Å². The largest absolute Gasteiger partial charge is 0.396 e. The second kappa shape index (κ2) is 12.1. The van der Waals surface area contributed by atoms with Crippen LogP contribution in [-0.4, -0.2) is 43.2 Å². The van der Waals surface area contributed by atoms with Gasteiger partial charge >= 0.3 is 0 Å². The monoisotopic (exact) mass is 576 g/mol. The van der Waals surface area contributed by atoms with Gasteiger partial charge in [-0.25, -0.2) is 9.97 Å². The van der Waals surface area contributed by atoms with Crippen LogP contribution in [0, 0.1) is 5.41 Å². The summed E-state index contributed by atoms with van der Waals surface area (Å²) in [6.45, 7) is 5.32. The summed E-state index contributed by atoms with van der Waals surface area (Å²) in [7, 11) is -4.01. The van der Waals surface area contributed by atoms with Gasteiger partial charge in [0, 0.05) is 41.1 Å². The van der Waals surface area contributed by atoms with Crippen molar-refractivity contribution in [3.8, 4) is 21.7 Å². The van der Waals surface area contributed by atoms with Crippen molar-refractivity contribution in [1.29, 1.82) is 0 Å². The zero-order valence-electron chi connectivity index (χ0n) is 23.0. The lowest BCUT2D eigenvalue weighted by Crippen LogP contribution is -2.38. The van der Waals surface area contributed by atoms with Crippen LogP contribution >= 0.6 is 11.3 Å². The van der Waals surface area contributed by atoms with Gasteiger partial charge in [0.2, 0.25) is 0 Å². The number of thiophene rings is 1. The molecule has 0 fully saturated rings. The van der Waals surface area contributed by atoms with Crippen LogP contribution in [0.3, 0.4) is 0 Å². The summed E-state index contributed by atoms with van der Waals surface area (Å²) < 4.78 is 29.8. The van der Waals surface area contributed by atoms with Crippen molar-refractivity contribution in [2.24, 2.45) is 5.41 Å². The topological polar surface area (TPSA) is 95.4 Å². The third-order valence-corrected chi connectivity index (χ3v) is 9.33. The molecule has 0 saturated heterocycles. The zero-order valence-corrected chi connectivity index (χ0v) is 24.6. The maximum atomic E-state index is 13.6. The van der Waals surface area contributed by atoms with Gasteiger partial charge in [-0.3, -0.25) is 4.72 Å². The number of anilines is 2. The van der Waals surface area contributed by atoms with Crippen molar-refractivity contribution in [2.45, 2.75) is 51.0 Å². The molecule has 0 saturated carbocycles. The molecule has 1 aliphatic rings. The third-order valence-electron chi connectivity index (χ3n) is 7.17.